The molecule has 2 aromatic carbocycles. The van der Waals surface area contributed by atoms with E-state index >= 15 is 0 Å². The van der Waals surface area contributed by atoms with Gasteiger partial charge in [-0.1, -0.05) is 48.5 Å². The van der Waals surface area contributed by atoms with E-state index in [-0.39, 0.29) is 0 Å². The average molecular weight is 284 g/mol. The van der Waals surface area contributed by atoms with Crippen LogP contribution in [0, 0.1) is 13.8 Å². The summed E-state index contributed by atoms with van der Waals surface area (Å²) in [5.41, 5.74) is 2.96. The molecule has 0 radical (unpaired) electrons. The third kappa shape index (κ3) is 3.85. The second-order valence-electron chi connectivity index (χ2n) is 5.16. The number of benzene rings is 2. The van der Waals surface area contributed by atoms with Gasteiger partial charge in [-0.05, 0) is 37.0 Å². The van der Waals surface area contributed by atoms with Crippen molar-refractivity contribution in [3.05, 3.63) is 65.2 Å². The molecule has 0 aliphatic heterocycles. The molecular weight excluding hydrogens is 264 g/mol. The molecule has 0 aliphatic rings. The van der Waals surface area contributed by atoms with E-state index in [1.54, 1.807) is 0 Å². The third-order valence-corrected chi connectivity index (χ3v) is 3.56. The molecule has 21 heavy (non-hydrogen) atoms. The zero-order valence-corrected chi connectivity index (χ0v) is 12.4. The minimum absolute atomic E-state index is 0.386. The van der Waals surface area contributed by atoms with E-state index in [9.17, 15) is 9.90 Å². The molecule has 0 amide bonds. The smallest absolute Gasteiger partial charge is 0.311 e. The third-order valence-electron chi connectivity index (χ3n) is 3.56. The van der Waals surface area contributed by atoms with Crippen molar-refractivity contribution in [2.75, 3.05) is 6.61 Å². The van der Waals surface area contributed by atoms with E-state index in [4.69, 9.17) is 4.74 Å². The first-order valence-electron chi connectivity index (χ1n) is 7.06. The van der Waals surface area contributed by atoms with Crippen LogP contribution in [0.4, 0.5) is 0 Å². The monoisotopic (exact) mass is 284 g/mol. The van der Waals surface area contributed by atoms with Crippen molar-refractivity contribution in [1.29, 1.82) is 0 Å². The molecule has 0 fully saturated rings. The van der Waals surface area contributed by atoms with Crippen LogP contribution in [0.2, 0.25) is 0 Å². The van der Waals surface area contributed by atoms with Crippen molar-refractivity contribution in [1.82, 2.24) is 0 Å². The summed E-state index contributed by atoms with van der Waals surface area (Å²) in [4.78, 5) is 11.4. The van der Waals surface area contributed by atoms with Crippen LogP contribution in [0.25, 0.3) is 0 Å². The van der Waals surface area contributed by atoms with Crippen LogP contribution in [0.1, 0.15) is 29.0 Å². The van der Waals surface area contributed by atoms with E-state index in [0.29, 0.717) is 13.0 Å². The zero-order valence-electron chi connectivity index (χ0n) is 12.4. The Kier molecular flexibility index (Phi) is 4.99. The van der Waals surface area contributed by atoms with Gasteiger partial charge in [0.15, 0.2) is 0 Å². The summed E-state index contributed by atoms with van der Waals surface area (Å²) in [5, 5.41) is 9.38. The Bertz CT molecular complexity index is 585. The van der Waals surface area contributed by atoms with Crippen molar-refractivity contribution in [2.45, 2.75) is 26.2 Å². The van der Waals surface area contributed by atoms with E-state index in [2.05, 4.69) is 0 Å². The van der Waals surface area contributed by atoms with Crippen LogP contribution in [-0.4, -0.2) is 17.7 Å². The van der Waals surface area contributed by atoms with Crippen LogP contribution in [0.3, 0.4) is 0 Å². The Hall–Kier alpha value is -2.29. The maximum absolute atomic E-state index is 11.4. The Morgan fingerprint density at radius 3 is 2.24 bits per heavy atom. The number of carbonyl (C=O) groups is 1. The Labute approximate surface area is 125 Å². The zero-order chi connectivity index (χ0) is 15.2. The first-order chi connectivity index (χ1) is 10.1. The van der Waals surface area contributed by atoms with Crippen LogP contribution in [0.5, 0.6) is 5.75 Å². The number of carboxylic acids is 1. The number of aryl methyl sites for hydroxylation is 2. The van der Waals surface area contributed by atoms with Gasteiger partial charge in [-0.25, -0.2) is 0 Å². The van der Waals surface area contributed by atoms with Crippen LogP contribution in [0.15, 0.2) is 48.5 Å². The van der Waals surface area contributed by atoms with Crippen molar-refractivity contribution >= 4 is 5.97 Å². The summed E-state index contributed by atoms with van der Waals surface area (Å²) >= 11 is 0. The van der Waals surface area contributed by atoms with Gasteiger partial charge in [-0.3, -0.25) is 4.79 Å². The van der Waals surface area contributed by atoms with Gasteiger partial charge in [0.05, 0.1) is 12.5 Å². The molecule has 1 N–H and O–H groups in total. The standard InChI is InChI=1S/C18H20O3/c1-13-7-6-8-14(2)17(13)21-12-11-16(18(19)20)15-9-4-3-5-10-15/h3-10,16H,11-12H2,1-2H3,(H,19,20). The molecule has 110 valence electrons. The van der Waals surface area contributed by atoms with Gasteiger partial charge in [0.1, 0.15) is 5.75 Å². The number of carboxylic acid groups (broad SMARTS) is 1. The van der Waals surface area contributed by atoms with Crippen molar-refractivity contribution in [3.63, 3.8) is 0 Å². The predicted molar refractivity (Wildman–Crippen MR) is 82.8 cm³/mol. The molecule has 0 saturated heterocycles. The summed E-state index contributed by atoms with van der Waals surface area (Å²) in [5.74, 6) is -0.489. The average Bonchev–Trinajstić information content (AvgIpc) is 2.46. The lowest BCUT2D eigenvalue weighted by Crippen LogP contribution is -2.15. The molecule has 0 aliphatic carbocycles. The summed E-state index contributed by atoms with van der Waals surface area (Å²) in [6.45, 7) is 4.37. The van der Waals surface area contributed by atoms with E-state index in [0.717, 1.165) is 22.4 Å². The number of aliphatic carboxylic acids is 1. The molecular formula is C18H20O3. The molecule has 0 spiro atoms. The Morgan fingerprint density at radius 2 is 1.67 bits per heavy atom. The fourth-order valence-corrected chi connectivity index (χ4v) is 2.42. The van der Waals surface area contributed by atoms with Crippen molar-refractivity contribution in [2.24, 2.45) is 0 Å². The molecule has 0 heterocycles. The van der Waals surface area contributed by atoms with E-state index < -0.39 is 11.9 Å². The highest BCUT2D eigenvalue weighted by atomic mass is 16.5. The lowest BCUT2D eigenvalue weighted by atomic mass is 9.96. The van der Waals surface area contributed by atoms with Crippen LogP contribution < -0.4 is 4.74 Å². The number of rotatable bonds is 6. The minimum Gasteiger partial charge on any atom is -0.493 e. The molecule has 3 heteroatoms. The quantitative estimate of drug-likeness (QED) is 0.874. The first kappa shape index (κ1) is 15.1. The highest BCUT2D eigenvalue weighted by Gasteiger charge is 2.19. The number of ether oxygens (including phenoxy) is 1. The molecule has 2 aromatic rings. The SMILES string of the molecule is Cc1cccc(C)c1OCCC(C(=O)O)c1ccccc1. The highest BCUT2D eigenvalue weighted by Crippen LogP contribution is 2.24. The molecule has 2 rings (SSSR count). The second kappa shape index (κ2) is 6.93. The lowest BCUT2D eigenvalue weighted by Gasteiger charge is -2.15. The molecule has 1 unspecified atom stereocenters. The second-order valence-corrected chi connectivity index (χ2v) is 5.16. The predicted octanol–water partition coefficient (Wildman–Crippen LogP) is 3.94. The van der Waals surface area contributed by atoms with E-state index in [1.807, 2.05) is 62.4 Å². The molecule has 0 bridgehead atoms. The fraction of sp³-hybridized carbons (Fsp3) is 0.278. The van der Waals surface area contributed by atoms with Gasteiger partial charge in [-0.15, -0.1) is 0 Å². The van der Waals surface area contributed by atoms with Gasteiger partial charge in [0.25, 0.3) is 0 Å². The number of hydrogen-bond donors (Lipinski definition) is 1. The van der Waals surface area contributed by atoms with Gasteiger partial charge in [0.2, 0.25) is 0 Å². The van der Waals surface area contributed by atoms with Gasteiger partial charge in [-0.2, -0.15) is 0 Å². The summed E-state index contributed by atoms with van der Waals surface area (Å²) in [6, 6.07) is 15.3. The van der Waals surface area contributed by atoms with Gasteiger partial charge >= 0.3 is 5.97 Å². The summed E-state index contributed by atoms with van der Waals surface area (Å²) in [6.07, 6.45) is 0.452. The molecule has 0 aromatic heterocycles. The van der Waals surface area contributed by atoms with Crippen LogP contribution in [-0.2, 0) is 4.79 Å². The van der Waals surface area contributed by atoms with Crippen LogP contribution >= 0.6 is 0 Å². The van der Waals surface area contributed by atoms with Crippen molar-refractivity contribution in [3.8, 4) is 5.75 Å². The Balaban J connectivity index is 2.02. The maximum atomic E-state index is 11.4. The van der Waals surface area contributed by atoms with Gasteiger partial charge in [0, 0.05) is 0 Å². The number of hydrogen-bond acceptors (Lipinski definition) is 2. The molecule has 1 atom stereocenters. The topological polar surface area (TPSA) is 46.5 Å². The van der Waals surface area contributed by atoms with E-state index in [1.165, 1.54) is 0 Å². The summed E-state index contributed by atoms with van der Waals surface area (Å²) in [7, 11) is 0. The largest absolute Gasteiger partial charge is 0.493 e. The normalized spacial score (nSPS) is 11.9. The van der Waals surface area contributed by atoms with Gasteiger partial charge < -0.3 is 9.84 Å². The lowest BCUT2D eigenvalue weighted by molar-refractivity contribution is -0.139. The Morgan fingerprint density at radius 1 is 1.05 bits per heavy atom. The fourth-order valence-electron chi connectivity index (χ4n) is 2.42. The van der Waals surface area contributed by atoms with Crippen molar-refractivity contribution < 1.29 is 14.6 Å². The first-order valence-corrected chi connectivity index (χ1v) is 7.06. The maximum Gasteiger partial charge on any atom is 0.311 e. The number of para-hydroxylation sites is 1. The molecule has 0 saturated carbocycles. The summed E-state index contributed by atoms with van der Waals surface area (Å²) < 4.78 is 5.81. The highest BCUT2D eigenvalue weighted by molar-refractivity contribution is 5.76. The molecule has 3 nitrogen and oxygen atoms in total. The minimum atomic E-state index is -0.814.